The number of aliphatic hydroxyl groups is 1. The van der Waals surface area contributed by atoms with Gasteiger partial charge in [0.1, 0.15) is 16.6 Å². The normalized spacial score (nSPS) is 19.1. The molecule has 36 heavy (non-hydrogen) atoms. The van der Waals surface area contributed by atoms with Crippen LogP contribution in [0.3, 0.4) is 0 Å². The van der Waals surface area contributed by atoms with Crippen LogP contribution in [-0.4, -0.2) is 50.4 Å². The molecule has 0 radical (unpaired) electrons. The van der Waals surface area contributed by atoms with Gasteiger partial charge in [0, 0.05) is 46.6 Å². The molecule has 0 spiro atoms. The minimum absolute atomic E-state index is 0.0423. The van der Waals surface area contributed by atoms with E-state index in [0.717, 1.165) is 52.1 Å². The highest BCUT2D eigenvalue weighted by molar-refractivity contribution is 7.10. The van der Waals surface area contributed by atoms with Gasteiger partial charge in [0.05, 0.1) is 24.0 Å². The summed E-state index contributed by atoms with van der Waals surface area (Å²) in [5, 5.41) is 29.0. The number of thiazole rings is 1. The molecule has 190 valence electrons. The Kier molecular flexibility index (Phi) is 7.43. The molecule has 1 aliphatic rings. The molecule has 3 atom stereocenters. The van der Waals surface area contributed by atoms with Crippen molar-refractivity contribution in [3.05, 3.63) is 57.5 Å². The number of β-amino-alcohol motifs (C(OH)–C–C–N with tert-alkyl or cyclic N) is 1. The van der Waals surface area contributed by atoms with Crippen LogP contribution >= 0.6 is 22.9 Å². The summed E-state index contributed by atoms with van der Waals surface area (Å²) in [4.78, 5) is 9.75. The summed E-state index contributed by atoms with van der Waals surface area (Å²) in [6, 6.07) is 9.69. The molecule has 5 rings (SSSR count). The Morgan fingerprint density at radius 3 is 2.89 bits per heavy atom. The first-order valence-corrected chi connectivity index (χ1v) is 13.6. The molecule has 8 nitrogen and oxygen atoms in total. The molecule has 1 fully saturated rings. The summed E-state index contributed by atoms with van der Waals surface area (Å²) >= 11 is 7.79. The number of anilines is 2. The molecule has 0 bridgehead atoms. The lowest BCUT2D eigenvalue weighted by Gasteiger charge is -2.28. The predicted molar refractivity (Wildman–Crippen MR) is 147 cm³/mol. The Morgan fingerprint density at radius 1 is 1.25 bits per heavy atom. The lowest BCUT2D eigenvalue weighted by Crippen LogP contribution is -2.43. The topological polar surface area (TPSA) is 99.4 Å². The third-order valence-electron chi connectivity index (χ3n) is 6.63. The van der Waals surface area contributed by atoms with Gasteiger partial charge in [0.15, 0.2) is 5.65 Å². The van der Waals surface area contributed by atoms with Crippen molar-refractivity contribution in [3.8, 4) is 11.3 Å². The number of nitrogens with zero attached hydrogens (tertiary/aromatic N) is 4. The first kappa shape index (κ1) is 25.0. The minimum atomic E-state index is -0.354. The van der Waals surface area contributed by atoms with Crippen LogP contribution in [0.1, 0.15) is 49.7 Å². The number of rotatable bonds is 8. The molecule has 0 amide bonds. The second-order valence-corrected chi connectivity index (χ2v) is 11.0. The lowest BCUT2D eigenvalue weighted by molar-refractivity contribution is 0.0883. The van der Waals surface area contributed by atoms with Gasteiger partial charge < -0.3 is 21.1 Å². The fourth-order valence-electron chi connectivity index (χ4n) is 4.50. The maximum Gasteiger partial charge on any atom is 0.163 e. The van der Waals surface area contributed by atoms with E-state index in [9.17, 15) is 5.11 Å². The van der Waals surface area contributed by atoms with Crippen LogP contribution in [0.5, 0.6) is 0 Å². The number of hydrogen-bond donors (Lipinski definition) is 4. The highest BCUT2D eigenvalue weighted by Crippen LogP contribution is 2.30. The van der Waals surface area contributed by atoms with Crippen LogP contribution in [0.4, 0.5) is 11.6 Å². The average molecular weight is 526 g/mol. The summed E-state index contributed by atoms with van der Waals surface area (Å²) < 4.78 is 1.86. The van der Waals surface area contributed by atoms with Crippen LogP contribution in [0.25, 0.3) is 16.9 Å². The molecule has 0 unspecified atom stereocenters. The van der Waals surface area contributed by atoms with Crippen molar-refractivity contribution in [2.45, 2.75) is 45.3 Å². The highest BCUT2D eigenvalue weighted by Gasteiger charge is 2.23. The van der Waals surface area contributed by atoms with Gasteiger partial charge in [-0.05, 0) is 37.9 Å². The second-order valence-electron chi connectivity index (χ2n) is 9.67. The zero-order valence-corrected chi connectivity index (χ0v) is 22.3. The van der Waals surface area contributed by atoms with E-state index in [1.54, 1.807) is 11.3 Å². The molecular weight excluding hydrogens is 494 g/mol. The number of piperidine rings is 1. The smallest absolute Gasteiger partial charge is 0.163 e. The SMILES string of the molecule is CC(C)c1cnn2c(N[C@@H](C)c3nc(-c4cccc(Cl)c4)cs3)cc(NC[C@H]3CCNC[C@@H]3O)nc12. The van der Waals surface area contributed by atoms with E-state index in [1.165, 1.54) is 0 Å². The number of aromatic nitrogens is 4. The van der Waals surface area contributed by atoms with Crippen molar-refractivity contribution in [2.75, 3.05) is 30.3 Å². The maximum atomic E-state index is 10.3. The summed E-state index contributed by atoms with van der Waals surface area (Å²) in [7, 11) is 0. The van der Waals surface area contributed by atoms with E-state index in [2.05, 4.69) is 47.2 Å². The Morgan fingerprint density at radius 2 is 2.11 bits per heavy atom. The van der Waals surface area contributed by atoms with Gasteiger partial charge in [0.2, 0.25) is 0 Å². The van der Waals surface area contributed by atoms with E-state index in [-0.39, 0.29) is 18.1 Å². The van der Waals surface area contributed by atoms with Crippen molar-refractivity contribution >= 4 is 40.2 Å². The zero-order valence-electron chi connectivity index (χ0n) is 20.7. The molecule has 4 N–H and O–H groups in total. The van der Waals surface area contributed by atoms with Crippen molar-refractivity contribution in [2.24, 2.45) is 5.92 Å². The standard InChI is InChI=1S/C26H32ClN7OS/c1-15(2)20-12-30-34-24(10-23(33-25(20)34)29-11-18-7-8-28-13-22(18)35)31-16(3)26-32-21(14-36-26)17-5-4-6-19(27)9-17/h4-6,9-10,12,14-16,18,22,28,31,35H,7-8,11,13H2,1-3H3,(H,29,33)/t16-,18+,22-/m0/s1. The monoisotopic (exact) mass is 525 g/mol. The van der Waals surface area contributed by atoms with E-state index in [1.807, 2.05) is 41.0 Å². The first-order valence-electron chi connectivity index (χ1n) is 12.4. The third-order valence-corrected chi connectivity index (χ3v) is 7.90. The van der Waals surface area contributed by atoms with E-state index >= 15 is 0 Å². The Bertz CT molecular complexity index is 1340. The molecule has 10 heteroatoms. The number of aliphatic hydroxyl groups excluding tert-OH is 1. The van der Waals surface area contributed by atoms with E-state index in [0.29, 0.717) is 24.0 Å². The Labute approximate surface area is 220 Å². The van der Waals surface area contributed by atoms with Crippen LogP contribution in [0, 0.1) is 5.92 Å². The lowest BCUT2D eigenvalue weighted by atomic mass is 9.95. The van der Waals surface area contributed by atoms with Crippen LogP contribution < -0.4 is 16.0 Å². The molecule has 0 saturated carbocycles. The molecule has 0 aliphatic carbocycles. The summed E-state index contributed by atoms with van der Waals surface area (Å²) in [5.41, 5.74) is 3.84. The van der Waals surface area contributed by atoms with Gasteiger partial charge >= 0.3 is 0 Å². The van der Waals surface area contributed by atoms with Crippen molar-refractivity contribution < 1.29 is 5.11 Å². The van der Waals surface area contributed by atoms with Crippen LogP contribution in [0.2, 0.25) is 5.02 Å². The fraction of sp³-hybridized carbons (Fsp3) is 0.423. The van der Waals surface area contributed by atoms with Gasteiger partial charge in [0.25, 0.3) is 0 Å². The summed E-state index contributed by atoms with van der Waals surface area (Å²) in [5.74, 6) is 2.09. The Balaban J connectivity index is 1.40. The largest absolute Gasteiger partial charge is 0.391 e. The number of nitrogens with one attached hydrogen (secondary N) is 3. The highest BCUT2D eigenvalue weighted by atomic mass is 35.5. The van der Waals surface area contributed by atoms with Crippen molar-refractivity contribution in [3.63, 3.8) is 0 Å². The Hall–Kier alpha value is -2.72. The molecule has 4 heterocycles. The van der Waals surface area contributed by atoms with E-state index in [4.69, 9.17) is 21.6 Å². The number of fused-ring (bicyclic) bond motifs is 1. The fourth-order valence-corrected chi connectivity index (χ4v) is 5.53. The zero-order chi connectivity index (χ0) is 25.2. The molecular formula is C26H32ClN7OS. The third kappa shape index (κ3) is 5.34. The van der Waals surface area contributed by atoms with Gasteiger partial charge in [-0.2, -0.15) is 9.61 Å². The molecule has 3 aromatic heterocycles. The predicted octanol–water partition coefficient (Wildman–Crippen LogP) is 5.19. The first-order chi connectivity index (χ1) is 17.4. The van der Waals surface area contributed by atoms with Crippen LogP contribution in [0.15, 0.2) is 41.9 Å². The van der Waals surface area contributed by atoms with Gasteiger partial charge in [-0.3, -0.25) is 0 Å². The average Bonchev–Trinajstić information content (AvgIpc) is 3.52. The second kappa shape index (κ2) is 10.7. The number of hydrogen-bond acceptors (Lipinski definition) is 8. The van der Waals surface area contributed by atoms with Gasteiger partial charge in [-0.25, -0.2) is 9.97 Å². The van der Waals surface area contributed by atoms with E-state index < -0.39 is 0 Å². The molecule has 1 aromatic carbocycles. The summed E-state index contributed by atoms with van der Waals surface area (Å²) in [6.45, 7) is 8.61. The molecule has 1 saturated heterocycles. The van der Waals surface area contributed by atoms with Gasteiger partial charge in [-0.15, -0.1) is 11.3 Å². The van der Waals surface area contributed by atoms with Crippen molar-refractivity contribution in [1.82, 2.24) is 24.9 Å². The molecule has 4 aromatic rings. The minimum Gasteiger partial charge on any atom is -0.391 e. The van der Waals surface area contributed by atoms with Gasteiger partial charge in [-0.1, -0.05) is 37.6 Å². The molecule has 1 aliphatic heterocycles. The van der Waals surface area contributed by atoms with Crippen molar-refractivity contribution in [1.29, 1.82) is 0 Å². The number of benzene rings is 1. The quantitative estimate of drug-likeness (QED) is 0.251. The van der Waals surface area contributed by atoms with Crippen LogP contribution in [-0.2, 0) is 0 Å². The maximum absolute atomic E-state index is 10.3. The summed E-state index contributed by atoms with van der Waals surface area (Å²) in [6.07, 6.45) is 2.47. The number of halogens is 1.